The highest BCUT2D eigenvalue weighted by molar-refractivity contribution is 5.89. The van der Waals surface area contributed by atoms with E-state index < -0.39 is 0 Å². The normalized spacial score (nSPS) is 20.8. The third-order valence-electron chi connectivity index (χ3n) is 4.94. The second-order valence-corrected chi connectivity index (χ2v) is 6.96. The molecule has 2 aliphatic rings. The van der Waals surface area contributed by atoms with Crippen LogP contribution in [0.4, 0.5) is 0 Å². The maximum atomic E-state index is 12.9. The molecule has 2 aliphatic heterocycles. The van der Waals surface area contributed by atoms with E-state index in [-0.39, 0.29) is 36.2 Å². The summed E-state index contributed by atoms with van der Waals surface area (Å²) in [5, 5.41) is 3.40. The maximum Gasteiger partial charge on any atom is 0.245 e. The van der Waals surface area contributed by atoms with Crippen LogP contribution in [0.15, 0.2) is 0 Å². The second-order valence-electron chi connectivity index (χ2n) is 6.96. The fourth-order valence-electron chi connectivity index (χ4n) is 3.63. The first-order valence-corrected chi connectivity index (χ1v) is 8.83. The smallest absolute Gasteiger partial charge is 0.245 e. The number of amides is 2. The van der Waals surface area contributed by atoms with Crippen LogP contribution in [0, 0.1) is 11.8 Å². The summed E-state index contributed by atoms with van der Waals surface area (Å²) in [5.74, 6) is 1.16. The first kappa shape index (κ1) is 20.2. The molecule has 2 rings (SSSR count). The molecule has 0 aromatic rings. The number of hydrogen-bond acceptors (Lipinski definition) is 3. The molecule has 2 amide bonds. The van der Waals surface area contributed by atoms with Gasteiger partial charge in [0.25, 0.3) is 0 Å². The van der Waals surface area contributed by atoms with Crippen LogP contribution in [0.3, 0.4) is 0 Å². The van der Waals surface area contributed by atoms with E-state index in [9.17, 15) is 9.59 Å². The highest BCUT2D eigenvalue weighted by Crippen LogP contribution is 2.24. The van der Waals surface area contributed by atoms with Crippen molar-refractivity contribution in [3.63, 3.8) is 0 Å². The highest BCUT2D eigenvalue weighted by Gasteiger charge is 2.38. The van der Waals surface area contributed by atoms with E-state index in [1.807, 2.05) is 23.6 Å². The SMILES string of the molecule is CCNCC1CCN(C(=O)C(C(C)C)N2CCCC2=O)CC1.Cl. The van der Waals surface area contributed by atoms with Crippen molar-refractivity contribution in [1.29, 1.82) is 0 Å². The molecule has 2 saturated heterocycles. The Hall–Kier alpha value is -0.810. The monoisotopic (exact) mass is 345 g/mol. The largest absolute Gasteiger partial charge is 0.341 e. The van der Waals surface area contributed by atoms with Gasteiger partial charge in [0, 0.05) is 26.1 Å². The lowest BCUT2D eigenvalue weighted by molar-refractivity contribution is -0.146. The second kappa shape index (κ2) is 9.48. The molecular formula is C17H32ClN3O2. The fourth-order valence-corrected chi connectivity index (χ4v) is 3.63. The number of hydrogen-bond donors (Lipinski definition) is 1. The molecular weight excluding hydrogens is 314 g/mol. The van der Waals surface area contributed by atoms with Crippen molar-refractivity contribution in [2.45, 2.75) is 52.5 Å². The van der Waals surface area contributed by atoms with E-state index in [0.29, 0.717) is 12.3 Å². The molecule has 2 heterocycles. The van der Waals surface area contributed by atoms with Gasteiger partial charge < -0.3 is 15.1 Å². The zero-order valence-electron chi connectivity index (χ0n) is 14.7. The Morgan fingerprint density at radius 1 is 1.26 bits per heavy atom. The minimum absolute atomic E-state index is 0. The molecule has 0 bridgehead atoms. The lowest BCUT2D eigenvalue weighted by atomic mass is 9.94. The topological polar surface area (TPSA) is 52.7 Å². The summed E-state index contributed by atoms with van der Waals surface area (Å²) < 4.78 is 0. The zero-order valence-corrected chi connectivity index (χ0v) is 15.5. The van der Waals surface area contributed by atoms with Crippen LogP contribution in [0.5, 0.6) is 0 Å². The number of nitrogens with zero attached hydrogens (tertiary/aromatic N) is 2. The Labute approximate surface area is 146 Å². The number of rotatable bonds is 6. The van der Waals surface area contributed by atoms with Crippen LogP contribution in [-0.4, -0.2) is 60.4 Å². The molecule has 2 fully saturated rings. The number of carbonyl (C=O) groups excluding carboxylic acids is 2. The van der Waals surface area contributed by atoms with Crippen molar-refractivity contribution in [2.24, 2.45) is 11.8 Å². The Bertz CT molecular complexity index is 395. The van der Waals surface area contributed by atoms with Gasteiger partial charge in [-0.3, -0.25) is 9.59 Å². The van der Waals surface area contributed by atoms with E-state index in [2.05, 4.69) is 12.2 Å². The van der Waals surface area contributed by atoms with E-state index in [4.69, 9.17) is 0 Å². The molecule has 1 unspecified atom stereocenters. The van der Waals surface area contributed by atoms with E-state index in [0.717, 1.165) is 52.0 Å². The first-order valence-electron chi connectivity index (χ1n) is 8.83. The third-order valence-corrected chi connectivity index (χ3v) is 4.94. The fraction of sp³-hybridized carbons (Fsp3) is 0.882. The molecule has 23 heavy (non-hydrogen) atoms. The van der Waals surface area contributed by atoms with Gasteiger partial charge in [-0.2, -0.15) is 0 Å². The standard InChI is InChI=1S/C17H31N3O2.ClH/c1-4-18-12-14-7-10-19(11-8-14)17(22)16(13(2)3)20-9-5-6-15(20)21;/h13-14,16,18H,4-12H2,1-3H3;1H. The summed E-state index contributed by atoms with van der Waals surface area (Å²) in [6.45, 7) is 10.7. The summed E-state index contributed by atoms with van der Waals surface area (Å²) in [6, 6.07) is -0.264. The van der Waals surface area contributed by atoms with Crippen LogP contribution in [-0.2, 0) is 9.59 Å². The third kappa shape index (κ3) is 5.08. The lowest BCUT2D eigenvalue weighted by Crippen LogP contribution is -2.53. The Morgan fingerprint density at radius 2 is 1.91 bits per heavy atom. The Balaban J connectivity index is 0.00000264. The first-order chi connectivity index (χ1) is 10.5. The summed E-state index contributed by atoms with van der Waals surface area (Å²) in [5.41, 5.74) is 0. The van der Waals surface area contributed by atoms with Gasteiger partial charge in [0.1, 0.15) is 6.04 Å². The molecule has 1 N–H and O–H groups in total. The van der Waals surface area contributed by atoms with Crippen molar-refractivity contribution in [3.05, 3.63) is 0 Å². The van der Waals surface area contributed by atoms with Gasteiger partial charge in [0.05, 0.1) is 0 Å². The van der Waals surface area contributed by atoms with Gasteiger partial charge in [-0.1, -0.05) is 20.8 Å². The number of halogens is 1. The lowest BCUT2D eigenvalue weighted by Gasteiger charge is -2.38. The molecule has 0 radical (unpaired) electrons. The molecule has 0 aromatic heterocycles. The molecule has 134 valence electrons. The van der Waals surface area contributed by atoms with E-state index in [1.165, 1.54) is 0 Å². The van der Waals surface area contributed by atoms with E-state index in [1.54, 1.807) is 0 Å². The highest BCUT2D eigenvalue weighted by atomic mass is 35.5. The minimum atomic E-state index is -0.264. The van der Waals surface area contributed by atoms with E-state index >= 15 is 0 Å². The van der Waals surface area contributed by atoms with Crippen molar-refractivity contribution in [3.8, 4) is 0 Å². The van der Waals surface area contributed by atoms with Gasteiger partial charge in [0.15, 0.2) is 0 Å². The summed E-state index contributed by atoms with van der Waals surface area (Å²) in [6.07, 6.45) is 3.62. The van der Waals surface area contributed by atoms with Crippen molar-refractivity contribution < 1.29 is 9.59 Å². The number of piperidine rings is 1. The summed E-state index contributed by atoms with van der Waals surface area (Å²) in [4.78, 5) is 28.7. The Morgan fingerprint density at radius 3 is 2.39 bits per heavy atom. The maximum absolute atomic E-state index is 12.9. The van der Waals surface area contributed by atoms with Gasteiger partial charge in [-0.15, -0.1) is 12.4 Å². The van der Waals surface area contributed by atoms with Crippen LogP contribution < -0.4 is 5.32 Å². The predicted octanol–water partition coefficient (Wildman–Crippen LogP) is 1.90. The van der Waals surface area contributed by atoms with Crippen molar-refractivity contribution in [1.82, 2.24) is 15.1 Å². The van der Waals surface area contributed by atoms with Crippen LogP contribution in [0.25, 0.3) is 0 Å². The minimum Gasteiger partial charge on any atom is -0.341 e. The Kier molecular flexibility index (Phi) is 8.34. The molecule has 0 aliphatic carbocycles. The van der Waals surface area contributed by atoms with Gasteiger partial charge in [0.2, 0.25) is 11.8 Å². The van der Waals surface area contributed by atoms with Crippen LogP contribution in [0.2, 0.25) is 0 Å². The van der Waals surface area contributed by atoms with Crippen LogP contribution in [0.1, 0.15) is 46.5 Å². The number of carbonyl (C=O) groups is 2. The van der Waals surface area contributed by atoms with Crippen molar-refractivity contribution >= 4 is 24.2 Å². The summed E-state index contributed by atoms with van der Waals surface area (Å²) in [7, 11) is 0. The number of nitrogens with one attached hydrogen (secondary N) is 1. The zero-order chi connectivity index (χ0) is 16.1. The molecule has 0 spiro atoms. The van der Waals surface area contributed by atoms with Gasteiger partial charge in [-0.05, 0) is 44.2 Å². The van der Waals surface area contributed by atoms with Gasteiger partial charge >= 0.3 is 0 Å². The quantitative estimate of drug-likeness (QED) is 0.800. The molecule has 0 aromatic carbocycles. The van der Waals surface area contributed by atoms with Crippen LogP contribution >= 0.6 is 12.4 Å². The summed E-state index contributed by atoms with van der Waals surface area (Å²) >= 11 is 0. The number of likely N-dealkylation sites (tertiary alicyclic amines) is 2. The average molecular weight is 346 g/mol. The average Bonchev–Trinajstić information content (AvgIpc) is 2.91. The predicted molar refractivity (Wildman–Crippen MR) is 94.7 cm³/mol. The van der Waals surface area contributed by atoms with Gasteiger partial charge in [-0.25, -0.2) is 0 Å². The molecule has 1 atom stereocenters. The molecule has 5 nitrogen and oxygen atoms in total. The molecule has 6 heteroatoms. The van der Waals surface area contributed by atoms with Crippen molar-refractivity contribution in [2.75, 3.05) is 32.7 Å². The molecule has 0 saturated carbocycles.